The van der Waals surface area contributed by atoms with Crippen molar-refractivity contribution in [1.82, 2.24) is 36.9 Å². The summed E-state index contributed by atoms with van der Waals surface area (Å²) < 4.78 is 214. The summed E-state index contributed by atoms with van der Waals surface area (Å²) in [6.07, 6.45) is 0. The van der Waals surface area contributed by atoms with Gasteiger partial charge in [0.25, 0.3) is 0 Å². The molecule has 0 rings (SSSR count). The Labute approximate surface area is 210 Å². The van der Waals surface area contributed by atoms with E-state index in [-0.39, 0.29) is 36.9 Å². The zero-order valence-electron chi connectivity index (χ0n) is 18.1. The van der Waals surface area contributed by atoms with E-state index in [9.17, 15) is 21.1 Å². The molecule has 0 atom stereocenters. The Kier molecular flexibility index (Phi) is 66.2. The van der Waals surface area contributed by atoms with E-state index in [1.807, 2.05) is 0 Å². The van der Waals surface area contributed by atoms with E-state index in [1.165, 1.54) is 0 Å². The normalized spacial score (nSPS) is 9.67. The average Bonchev–Trinajstić information content (AvgIpc) is 1.94. The van der Waals surface area contributed by atoms with Crippen LogP contribution in [0.25, 0.3) is 0 Å². The van der Waals surface area contributed by atoms with Crippen LogP contribution in [0.15, 0.2) is 0 Å². The summed E-state index contributed by atoms with van der Waals surface area (Å²) in [6.45, 7) is 0. The average molecular weight is 822 g/mol. The van der Waals surface area contributed by atoms with Crippen molar-refractivity contribution in [2.45, 2.75) is 0 Å². The first-order valence-electron chi connectivity index (χ1n) is 3.93. The van der Waals surface area contributed by atoms with E-state index in [0.29, 0.717) is 0 Å². The van der Waals surface area contributed by atoms with E-state index in [0.717, 1.165) is 0 Å². The predicted octanol–water partition coefficient (Wildman–Crippen LogP) is -3.80. The fourth-order valence-electron chi connectivity index (χ4n) is 0. The number of hydrogen-bond donors (Lipinski definition) is 6. The monoisotopic (exact) mass is 822 g/mol. The molecular formula is H24Cr6F6N6O18. The number of quaternary nitrogens is 6. The minimum absolute atomic E-state index is 0. The van der Waals surface area contributed by atoms with Crippen LogP contribution in [0, 0.1) is 0 Å². The molecule has 0 bridgehead atoms. The second-order valence-electron chi connectivity index (χ2n) is 2.36. The maximum atomic E-state index is 10.2. The van der Waals surface area contributed by atoms with Gasteiger partial charge in [-0.05, 0) is 0 Å². The molecule has 0 heterocycles. The van der Waals surface area contributed by atoms with Crippen LogP contribution < -0.4 is 61.9 Å². The van der Waals surface area contributed by atoms with Crippen molar-refractivity contribution in [2.75, 3.05) is 0 Å². The molecule has 0 fully saturated rings. The second kappa shape index (κ2) is 31.1. The van der Waals surface area contributed by atoms with Crippen LogP contribution in [-0.2, 0) is 128 Å². The molecule has 0 spiro atoms. The molecule has 0 radical (unpaired) electrons. The Bertz CT molecular complexity index is 796. The molecule has 0 aliphatic heterocycles. The number of rotatable bonds is 0. The van der Waals surface area contributed by atoms with Crippen molar-refractivity contribution in [3.63, 3.8) is 0 Å². The second-order valence-corrected chi connectivity index (χ2v) is 9.72. The SMILES string of the molecule is [NH4+].[NH4+].[NH4+].[NH4+].[NH4+].[NH4+].[O]=[Cr](=[O])([O-])[F].[O]=[Cr](=[O])([O-])[F].[O]=[Cr](=[O])([O-])[F].[O]=[Cr](=[O])([O-])[F].[O]=[Cr](=[O])([O-])[F].[O]=[Cr](=[O])([O-])[F]. The van der Waals surface area contributed by atoms with E-state index in [2.05, 4.69) is 0 Å². The number of halogens is 6. The summed E-state index contributed by atoms with van der Waals surface area (Å²) in [5.74, 6) is 0. The van der Waals surface area contributed by atoms with Crippen LogP contribution in [0.2, 0.25) is 0 Å². The van der Waals surface area contributed by atoms with Crippen molar-refractivity contribution < 1.29 is 174 Å². The summed E-state index contributed by atoms with van der Waals surface area (Å²) >= 11 is -36.0. The standard InChI is InChI=1S/6Cr.6FH.6H3N.18O/h;;;;;;6*1H;6*1H3;;;;;;;;;;;;;;;;;;/q6*+1;;;;;;;;;;;;;;;;;;;;;;;;;6*-1. The maximum absolute atomic E-state index is 10.2. The molecule has 36 heavy (non-hydrogen) atoms. The van der Waals surface area contributed by atoms with Gasteiger partial charge < -0.3 is 36.9 Å². The summed E-state index contributed by atoms with van der Waals surface area (Å²) in [5.41, 5.74) is 0. The van der Waals surface area contributed by atoms with Crippen LogP contribution in [0.1, 0.15) is 0 Å². The predicted molar refractivity (Wildman–Crippen MR) is 50.8 cm³/mol. The van der Waals surface area contributed by atoms with Gasteiger partial charge in [-0.3, -0.25) is 0 Å². The van der Waals surface area contributed by atoms with Crippen molar-refractivity contribution in [3.05, 3.63) is 0 Å². The van der Waals surface area contributed by atoms with Gasteiger partial charge in [0.05, 0.1) is 0 Å². The van der Waals surface area contributed by atoms with E-state index >= 15 is 0 Å². The van der Waals surface area contributed by atoms with Gasteiger partial charge in [-0.2, -0.15) is 0 Å². The first-order valence-corrected chi connectivity index (χ1v) is 16.2. The van der Waals surface area contributed by atoms with Gasteiger partial charge in [-0.25, -0.2) is 0 Å². The third kappa shape index (κ3) is 3310000. The van der Waals surface area contributed by atoms with E-state index in [1.54, 1.807) is 0 Å². The van der Waals surface area contributed by atoms with Gasteiger partial charge in [0.15, 0.2) is 0 Å². The molecule has 24 N–H and O–H groups in total. The summed E-state index contributed by atoms with van der Waals surface area (Å²) in [7, 11) is 0. The van der Waals surface area contributed by atoms with Gasteiger partial charge in [0.2, 0.25) is 0 Å². The fourth-order valence-corrected chi connectivity index (χ4v) is 0. The quantitative estimate of drug-likeness (QED) is 0.128. The molecule has 0 saturated carbocycles. The van der Waals surface area contributed by atoms with Crippen LogP contribution in [0.3, 0.4) is 0 Å². The van der Waals surface area contributed by atoms with Gasteiger partial charge in [0.1, 0.15) is 0 Å². The molecule has 0 amide bonds. The minimum atomic E-state index is -6.00. The molecule has 0 aliphatic rings. The van der Waals surface area contributed by atoms with Crippen LogP contribution in [0.4, 0.5) is 21.1 Å². The number of hydrogen-bond acceptors (Lipinski definition) is 18. The third-order valence-electron chi connectivity index (χ3n) is 0. The van der Waals surface area contributed by atoms with Gasteiger partial charge >= 0.3 is 174 Å². The topological polar surface area (TPSA) is 562 Å². The molecule has 24 nitrogen and oxygen atoms in total. The van der Waals surface area contributed by atoms with Crippen molar-refractivity contribution in [3.8, 4) is 0 Å². The molecule has 240 valence electrons. The van der Waals surface area contributed by atoms with Gasteiger partial charge in [-0.15, -0.1) is 0 Å². The molecule has 0 aliphatic carbocycles. The summed E-state index contributed by atoms with van der Waals surface area (Å²) in [5, 5.41) is 0. The first kappa shape index (κ1) is 76.6. The Morgan fingerprint density at radius 2 is 0.250 bits per heavy atom. The van der Waals surface area contributed by atoms with Crippen LogP contribution >= 0.6 is 0 Å². The van der Waals surface area contributed by atoms with E-state index in [4.69, 9.17) is 70.6 Å². The Hall–Kier alpha value is -0.105. The van der Waals surface area contributed by atoms with Crippen molar-refractivity contribution >= 4 is 0 Å². The van der Waals surface area contributed by atoms with Crippen LogP contribution in [-0.4, -0.2) is 0 Å². The molecule has 0 aromatic heterocycles. The molecular weight excluding hydrogens is 798 g/mol. The summed E-state index contributed by atoms with van der Waals surface area (Å²) in [6, 6.07) is 0. The Balaban J connectivity index is -0.0000000186. The summed E-state index contributed by atoms with van der Waals surface area (Å²) in [4.78, 5) is 0. The van der Waals surface area contributed by atoms with Crippen molar-refractivity contribution in [1.29, 1.82) is 0 Å². The van der Waals surface area contributed by atoms with Crippen molar-refractivity contribution in [2.24, 2.45) is 0 Å². The zero-order valence-corrected chi connectivity index (χ0v) is 25.7. The molecule has 0 aromatic rings. The Morgan fingerprint density at radius 3 is 0.250 bits per heavy atom. The first-order chi connectivity index (χ1) is 12.0. The Morgan fingerprint density at radius 1 is 0.250 bits per heavy atom. The van der Waals surface area contributed by atoms with Crippen LogP contribution in [0.5, 0.6) is 0 Å². The molecule has 0 unspecified atom stereocenters. The third-order valence-corrected chi connectivity index (χ3v) is 0. The molecule has 0 saturated heterocycles. The molecule has 36 heteroatoms. The zero-order chi connectivity index (χ0) is 27.0. The van der Waals surface area contributed by atoms with Gasteiger partial charge in [0, 0.05) is 0 Å². The molecule has 0 aromatic carbocycles. The fraction of sp³-hybridized carbons (Fsp3) is 0. The van der Waals surface area contributed by atoms with E-state index < -0.39 is 82.4 Å². The van der Waals surface area contributed by atoms with Gasteiger partial charge in [-0.1, -0.05) is 0 Å².